The lowest BCUT2D eigenvalue weighted by Crippen LogP contribution is -2.59. The van der Waals surface area contributed by atoms with E-state index in [1.807, 2.05) is 0 Å². The first-order valence-corrected chi connectivity index (χ1v) is 10.8. The van der Waals surface area contributed by atoms with Crippen LogP contribution < -0.4 is 5.32 Å². The predicted molar refractivity (Wildman–Crippen MR) is 110 cm³/mol. The quantitative estimate of drug-likeness (QED) is 0.746. The van der Waals surface area contributed by atoms with Crippen molar-refractivity contribution in [3.63, 3.8) is 0 Å². The number of halogens is 1. The number of likely N-dealkylation sites (tertiary alicyclic amines) is 1. The van der Waals surface area contributed by atoms with Gasteiger partial charge in [0.2, 0.25) is 11.8 Å². The Kier molecular flexibility index (Phi) is 7.10. The Hall–Kier alpha value is -2.44. The van der Waals surface area contributed by atoms with E-state index < -0.39 is 5.54 Å². The van der Waals surface area contributed by atoms with Gasteiger partial charge in [-0.15, -0.1) is 0 Å². The number of ether oxygens (including phenoxy) is 1. The zero-order valence-electron chi connectivity index (χ0n) is 17.8. The molecule has 1 N–H and O–H groups in total. The average molecular weight is 419 g/mol. The summed E-state index contributed by atoms with van der Waals surface area (Å²) in [5, 5.41) is 3.00. The number of benzene rings is 1. The van der Waals surface area contributed by atoms with E-state index in [4.69, 9.17) is 4.74 Å². The lowest BCUT2D eigenvalue weighted by Gasteiger charge is -2.39. The summed E-state index contributed by atoms with van der Waals surface area (Å²) < 4.78 is 18.1. The molecule has 6 nitrogen and oxygen atoms in total. The Balaban J connectivity index is 1.62. The van der Waals surface area contributed by atoms with Crippen LogP contribution in [0.3, 0.4) is 0 Å². The highest BCUT2D eigenvalue weighted by Crippen LogP contribution is 2.33. The summed E-state index contributed by atoms with van der Waals surface area (Å²) in [7, 11) is 1.35. The van der Waals surface area contributed by atoms with Gasteiger partial charge >= 0.3 is 5.97 Å². The summed E-state index contributed by atoms with van der Waals surface area (Å²) in [6.45, 7) is 3.08. The largest absolute Gasteiger partial charge is 0.467 e. The third-order valence-corrected chi connectivity index (χ3v) is 6.48. The number of piperidine rings is 1. The molecule has 1 saturated carbocycles. The Morgan fingerprint density at radius 1 is 1.17 bits per heavy atom. The Morgan fingerprint density at radius 2 is 1.83 bits per heavy atom. The molecule has 3 rings (SSSR count). The molecule has 7 heteroatoms. The van der Waals surface area contributed by atoms with Crippen LogP contribution in [0.1, 0.15) is 51.0 Å². The van der Waals surface area contributed by atoms with Gasteiger partial charge in [-0.1, -0.05) is 19.1 Å². The minimum atomic E-state index is -0.960. The molecule has 2 amide bonds. The summed E-state index contributed by atoms with van der Waals surface area (Å²) in [6, 6.07) is 5.88. The molecule has 2 aliphatic rings. The van der Waals surface area contributed by atoms with Crippen LogP contribution in [-0.2, 0) is 25.5 Å². The van der Waals surface area contributed by atoms with Crippen molar-refractivity contribution in [2.24, 2.45) is 11.8 Å². The van der Waals surface area contributed by atoms with Gasteiger partial charge in [0.15, 0.2) is 0 Å². The molecule has 30 heavy (non-hydrogen) atoms. The fourth-order valence-corrected chi connectivity index (χ4v) is 4.47. The molecule has 2 fully saturated rings. The minimum absolute atomic E-state index is 0.0757. The van der Waals surface area contributed by atoms with E-state index in [-0.39, 0.29) is 35.9 Å². The summed E-state index contributed by atoms with van der Waals surface area (Å²) >= 11 is 0. The first-order chi connectivity index (χ1) is 14.3. The predicted octanol–water partition coefficient (Wildman–Crippen LogP) is 2.84. The zero-order valence-corrected chi connectivity index (χ0v) is 17.8. The molecule has 1 aromatic rings. The monoisotopic (exact) mass is 418 g/mol. The van der Waals surface area contributed by atoms with Crippen molar-refractivity contribution < 1.29 is 23.5 Å². The van der Waals surface area contributed by atoms with Gasteiger partial charge < -0.3 is 15.0 Å². The maximum atomic E-state index is 13.1. The maximum absolute atomic E-state index is 13.1. The molecule has 1 aliphatic carbocycles. The van der Waals surface area contributed by atoms with Crippen LogP contribution in [0.15, 0.2) is 24.3 Å². The molecule has 1 aliphatic heterocycles. The minimum Gasteiger partial charge on any atom is -0.467 e. The summed E-state index contributed by atoms with van der Waals surface area (Å²) in [5.74, 6) is -0.811. The van der Waals surface area contributed by atoms with Crippen molar-refractivity contribution >= 4 is 17.8 Å². The highest BCUT2D eigenvalue weighted by atomic mass is 19.1. The molecule has 164 valence electrons. The molecule has 0 bridgehead atoms. The van der Waals surface area contributed by atoms with E-state index in [2.05, 4.69) is 12.2 Å². The van der Waals surface area contributed by atoms with Crippen molar-refractivity contribution in [3.05, 3.63) is 35.6 Å². The van der Waals surface area contributed by atoms with Crippen molar-refractivity contribution in [2.75, 3.05) is 20.2 Å². The van der Waals surface area contributed by atoms with E-state index in [0.29, 0.717) is 38.3 Å². The van der Waals surface area contributed by atoms with Crippen molar-refractivity contribution in [1.82, 2.24) is 10.2 Å². The summed E-state index contributed by atoms with van der Waals surface area (Å²) in [6.07, 6.45) is 4.47. The van der Waals surface area contributed by atoms with Gasteiger partial charge in [0.1, 0.15) is 11.4 Å². The number of amides is 2. The van der Waals surface area contributed by atoms with Crippen molar-refractivity contribution in [2.45, 2.75) is 57.4 Å². The number of rotatable bonds is 5. The maximum Gasteiger partial charge on any atom is 0.331 e. The molecule has 1 aromatic carbocycles. The molecular formula is C23H31FN2O4. The van der Waals surface area contributed by atoms with Gasteiger partial charge in [0.05, 0.1) is 19.4 Å². The Bertz CT molecular complexity index is 772. The van der Waals surface area contributed by atoms with E-state index in [1.54, 1.807) is 17.0 Å². The number of hydrogen-bond donors (Lipinski definition) is 1. The zero-order chi connectivity index (χ0) is 21.7. The molecule has 0 aromatic heterocycles. The number of methoxy groups -OCH3 is 1. The van der Waals surface area contributed by atoms with E-state index in [0.717, 1.165) is 24.8 Å². The normalized spacial score (nSPS) is 26.7. The molecule has 1 unspecified atom stereocenters. The van der Waals surface area contributed by atoms with Gasteiger partial charge in [-0.25, -0.2) is 9.18 Å². The Morgan fingerprint density at radius 3 is 2.47 bits per heavy atom. The van der Waals surface area contributed by atoms with Gasteiger partial charge in [-0.3, -0.25) is 9.59 Å². The van der Waals surface area contributed by atoms with Gasteiger partial charge in [-0.05, 0) is 62.1 Å². The highest BCUT2D eigenvalue weighted by molar-refractivity contribution is 5.89. The second-order valence-electron chi connectivity index (χ2n) is 8.73. The number of hydrogen-bond acceptors (Lipinski definition) is 4. The fraction of sp³-hybridized carbons (Fsp3) is 0.609. The summed E-state index contributed by atoms with van der Waals surface area (Å²) in [5.41, 5.74) is -0.215. The standard InChI is InChI=1S/C23H31FN2O4/c1-16-9-11-23(12-10-16,22(29)30-2)25-21(28)18-4-3-13-26(15-18)20(27)14-17-5-7-19(24)8-6-17/h5-8,16,18H,3-4,9-15H2,1-2H3,(H,25,28). The van der Waals surface area contributed by atoms with E-state index in [9.17, 15) is 18.8 Å². The Labute approximate surface area is 177 Å². The smallest absolute Gasteiger partial charge is 0.331 e. The number of nitrogens with zero attached hydrogens (tertiary/aromatic N) is 1. The molecule has 1 saturated heterocycles. The lowest BCUT2D eigenvalue weighted by molar-refractivity contribution is -0.154. The second kappa shape index (κ2) is 9.58. The van der Waals surface area contributed by atoms with Crippen LogP contribution in [0.25, 0.3) is 0 Å². The van der Waals surface area contributed by atoms with Crippen LogP contribution in [-0.4, -0.2) is 48.4 Å². The SMILES string of the molecule is COC(=O)C1(NC(=O)C2CCCN(C(=O)Cc3ccc(F)cc3)C2)CCC(C)CC1. The lowest BCUT2D eigenvalue weighted by atomic mass is 9.76. The van der Waals surface area contributed by atoms with Crippen molar-refractivity contribution in [3.8, 4) is 0 Å². The second-order valence-corrected chi connectivity index (χ2v) is 8.73. The van der Waals surface area contributed by atoms with Crippen LogP contribution in [0.5, 0.6) is 0 Å². The third kappa shape index (κ3) is 5.18. The number of nitrogens with one attached hydrogen (secondary N) is 1. The van der Waals surface area contributed by atoms with E-state index >= 15 is 0 Å². The van der Waals surface area contributed by atoms with Crippen LogP contribution >= 0.6 is 0 Å². The molecule has 1 atom stereocenters. The molecular weight excluding hydrogens is 387 g/mol. The highest BCUT2D eigenvalue weighted by Gasteiger charge is 2.44. The average Bonchev–Trinajstić information content (AvgIpc) is 2.76. The van der Waals surface area contributed by atoms with Gasteiger partial charge in [-0.2, -0.15) is 0 Å². The van der Waals surface area contributed by atoms with Crippen LogP contribution in [0.2, 0.25) is 0 Å². The van der Waals surface area contributed by atoms with E-state index in [1.165, 1.54) is 19.2 Å². The van der Waals surface area contributed by atoms with Gasteiger partial charge in [0, 0.05) is 13.1 Å². The molecule has 1 heterocycles. The first kappa shape index (κ1) is 22.2. The topological polar surface area (TPSA) is 75.7 Å². The molecule has 0 radical (unpaired) electrons. The fourth-order valence-electron chi connectivity index (χ4n) is 4.47. The third-order valence-electron chi connectivity index (χ3n) is 6.48. The molecule has 0 spiro atoms. The van der Waals surface area contributed by atoms with Crippen molar-refractivity contribution in [1.29, 1.82) is 0 Å². The first-order valence-electron chi connectivity index (χ1n) is 10.8. The van der Waals surface area contributed by atoms with Crippen LogP contribution in [0, 0.1) is 17.7 Å². The van der Waals surface area contributed by atoms with Crippen LogP contribution in [0.4, 0.5) is 4.39 Å². The number of carbonyl (C=O) groups excluding carboxylic acids is 3. The number of esters is 1. The van der Waals surface area contributed by atoms with Gasteiger partial charge in [0.25, 0.3) is 0 Å². The number of carbonyl (C=O) groups is 3. The summed E-state index contributed by atoms with van der Waals surface area (Å²) in [4.78, 5) is 39.9.